The summed E-state index contributed by atoms with van der Waals surface area (Å²) in [6, 6.07) is 3.68. The molecule has 4 heteroatoms. The van der Waals surface area contributed by atoms with Crippen LogP contribution in [-0.2, 0) is 7.05 Å². The van der Waals surface area contributed by atoms with Crippen molar-refractivity contribution in [3.63, 3.8) is 0 Å². The largest absolute Gasteiger partial charge is 0.334 e. The number of halogens is 1. The van der Waals surface area contributed by atoms with E-state index >= 15 is 0 Å². The van der Waals surface area contributed by atoms with E-state index in [1.165, 1.54) is 0 Å². The molecule has 0 saturated carbocycles. The van der Waals surface area contributed by atoms with E-state index in [-0.39, 0.29) is 0 Å². The standard InChI is InChI=1S/C9H8ClN3/c1-13-5-4-12-9(13)7-2-3-11-8(10)6-7/h2-6H,1H3. The van der Waals surface area contributed by atoms with Gasteiger partial charge in [-0.1, -0.05) is 11.6 Å². The fourth-order valence-corrected chi connectivity index (χ4v) is 1.36. The van der Waals surface area contributed by atoms with Crippen LogP contribution >= 0.6 is 11.6 Å². The highest BCUT2D eigenvalue weighted by Gasteiger charge is 2.02. The van der Waals surface area contributed by atoms with Crippen LogP contribution in [0.3, 0.4) is 0 Å². The molecule has 0 aliphatic heterocycles. The molecule has 0 unspecified atom stereocenters. The number of hydrogen-bond donors (Lipinski definition) is 0. The summed E-state index contributed by atoms with van der Waals surface area (Å²) in [5.74, 6) is 0.893. The van der Waals surface area contributed by atoms with Crippen molar-refractivity contribution in [2.45, 2.75) is 0 Å². The van der Waals surface area contributed by atoms with Gasteiger partial charge in [-0.3, -0.25) is 0 Å². The van der Waals surface area contributed by atoms with Gasteiger partial charge in [0.25, 0.3) is 0 Å². The maximum Gasteiger partial charge on any atom is 0.139 e. The Morgan fingerprint density at radius 2 is 2.15 bits per heavy atom. The van der Waals surface area contributed by atoms with Crippen LogP contribution in [0.5, 0.6) is 0 Å². The number of hydrogen-bond acceptors (Lipinski definition) is 2. The molecule has 2 heterocycles. The predicted octanol–water partition coefficient (Wildman–Crippen LogP) is 2.14. The molecule has 3 nitrogen and oxygen atoms in total. The first kappa shape index (κ1) is 8.26. The summed E-state index contributed by atoms with van der Waals surface area (Å²) in [7, 11) is 1.94. The number of pyridine rings is 1. The van der Waals surface area contributed by atoms with Gasteiger partial charge in [0.05, 0.1) is 0 Å². The van der Waals surface area contributed by atoms with Gasteiger partial charge < -0.3 is 4.57 Å². The highest BCUT2D eigenvalue weighted by molar-refractivity contribution is 6.29. The van der Waals surface area contributed by atoms with Crippen molar-refractivity contribution in [3.05, 3.63) is 35.9 Å². The lowest BCUT2D eigenvalue weighted by molar-refractivity contribution is 0.924. The summed E-state index contributed by atoms with van der Waals surface area (Å²) >= 11 is 5.77. The Labute approximate surface area is 81.0 Å². The summed E-state index contributed by atoms with van der Waals surface area (Å²) in [6.45, 7) is 0. The molecule has 0 aliphatic carbocycles. The Balaban J connectivity index is 2.53. The first-order valence-electron chi connectivity index (χ1n) is 3.86. The Hall–Kier alpha value is -1.35. The van der Waals surface area contributed by atoms with Crippen molar-refractivity contribution in [2.24, 2.45) is 7.05 Å². The fraction of sp³-hybridized carbons (Fsp3) is 0.111. The van der Waals surface area contributed by atoms with Crippen LogP contribution in [0.25, 0.3) is 11.4 Å². The van der Waals surface area contributed by atoms with Crippen molar-refractivity contribution in [1.82, 2.24) is 14.5 Å². The van der Waals surface area contributed by atoms with Crippen LogP contribution in [0, 0.1) is 0 Å². The maximum atomic E-state index is 5.77. The van der Waals surface area contributed by atoms with E-state index in [2.05, 4.69) is 9.97 Å². The molecule has 0 radical (unpaired) electrons. The summed E-state index contributed by atoms with van der Waals surface area (Å²) in [4.78, 5) is 8.11. The summed E-state index contributed by atoms with van der Waals surface area (Å²) in [6.07, 6.45) is 5.32. The Bertz CT molecular complexity index is 422. The second-order valence-electron chi connectivity index (χ2n) is 2.73. The topological polar surface area (TPSA) is 30.7 Å². The Morgan fingerprint density at radius 3 is 2.77 bits per heavy atom. The number of imidazole rings is 1. The minimum atomic E-state index is 0.487. The molecule has 66 valence electrons. The first-order chi connectivity index (χ1) is 6.27. The van der Waals surface area contributed by atoms with Crippen LogP contribution in [0.4, 0.5) is 0 Å². The Morgan fingerprint density at radius 1 is 1.31 bits per heavy atom. The second-order valence-corrected chi connectivity index (χ2v) is 3.12. The molecule has 13 heavy (non-hydrogen) atoms. The number of rotatable bonds is 1. The lowest BCUT2D eigenvalue weighted by atomic mass is 10.2. The van der Waals surface area contributed by atoms with Crippen molar-refractivity contribution >= 4 is 11.6 Å². The lowest BCUT2D eigenvalue weighted by Gasteiger charge is -2.00. The molecule has 2 aromatic heterocycles. The molecule has 0 amide bonds. The molecular weight excluding hydrogens is 186 g/mol. The van der Waals surface area contributed by atoms with E-state index < -0.39 is 0 Å². The van der Waals surface area contributed by atoms with Crippen molar-refractivity contribution in [1.29, 1.82) is 0 Å². The highest BCUT2D eigenvalue weighted by Crippen LogP contribution is 2.18. The van der Waals surface area contributed by atoms with Gasteiger partial charge in [0.15, 0.2) is 0 Å². The van der Waals surface area contributed by atoms with E-state index in [1.54, 1.807) is 18.5 Å². The van der Waals surface area contributed by atoms with Crippen LogP contribution in [0.15, 0.2) is 30.7 Å². The smallest absolute Gasteiger partial charge is 0.139 e. The third kappa shape index (κ3) is 1.55. The molecule has 0 atom stereocenters. The summed E-state index contributed by atoms with van der Waals surface area (Å²) < 4.78 is 1.94. The van der Waals surface area contributed by atoms with E-state index in [4.69, 9.17) is 11.6 Å². The molecular formula is C9H8ClN3. The van der Waals surface area contributed by atoms with Gasteiger partial charge in [-0.15, -0.1) is 0 Å². The van der Waals surface area contributed by atoms with E-state index in [0.29, 0.717) is 5.15 Å². The molecule has 0 aromatic carbocycles. The molecule has 2 aromatic rings. The van der Waals surface area contributed by atoms with Gasteiger partial charge in [0, 0.05) is 31.2 Å². The molecule has 2 rings (SSSR count). The zero-order valence-electron chi connectivity index (χ0n) is 7.11. The number of aromatic nitrogens is 3. The monoisotopic (exact) mass is 193 g/mol. The fourth-order valence-electron chi connectivity index (χ4n) is 1.19. The van der Waals surface area contributed by atoms with Gasteiger partial charge in [0.2, 0.25) is 0 Å². The summed E-state index contributed by atoms with van der Waals surface area (Å²) in [5, 5.41) is 0.487. The van der Waals surface area contributed by atoms with E-state index in [1.807, 2.05) is 23.9 Å². The van der Waals surface area contributed by atoms with Crippen LogP contribution in [-0.4, -0.2) is 14.5 Å². The minimum absolute atomic E-state index is 0.487. The molecule has 0 bridgehead atoms. The van der Waals surface area contributed by atoms with Crippen molar-refractivity contribution in [2.75, 3.05) is 0 Å². The molecule has 0 saturated heterocycles. The quantitative estimate of drug-likeness (QED) is 0.650. The third-order valence-corrected chi connectivity index (χ3v) is 2.01. The van der Waals surface area contributed by atoms with Gasteiger partial charge in [-0.25, -0.2) is 9.97 Å². The van der Waals surface area contributed by atoms with Crippen LogP contribution < -0.4 is 0 Å². The molecule has 0 N–H and O–H groups in total. The molecule has 0 aliphatic rings. The molecule has 0 spiro atoms. The zero-order chi connectivity index (χ0) is 9.26. The van der Waals surface area contributed by atoms with Crippen molar-refractivity contribution < 1.29 is 0 Å². The third-order valence-electron chi connectivity index (χ3n) is 1.81. The van der Waals surface area contributed by atoms with E-state index in [0.717, 1.165) is 11.4 Å². The van der Waals surface area contributed by atoms with Gasteiger partial charge in [0.1, 0.15) is 11.0 Å². The van der Waals surface area contributed by atoms with Crippen LogP contribution in [0.2, 0.25) is 5.15 Å². The van der Waals surface area contributed by atoms with Crippen molar-refractivity contribution in [3.8, 4) is 11.4 Å². The average Bonchev–Trinajstić information content (AvgIpc) is 2.51. The average molecular weight is 194 g/mol. The maximum absolute atomic E-state index is 5.77. The highest BCUT2D eigenvalue weighted by atomic mass is 35.5. The zero-order valence-corrected chi connectivity index (χ0v) is 7.86. The second kappa shape index (κ2) is 3.18. The minimum Gasteiger partial charge on any atom is -0.334 e. The molecule has 0 fully saturated rings. The normalized spacial score (nSPS) is 10.3. The SMILES string of the molecule is Cn1ccnc1-c1ccnc(Cl)c1. The summed E-state index contributed by atoms with van der Waals surface area (Å²) in [5.41, 5.74) is 0.979. The number of nitrogens with zero attached hydrogens (tertiary/aromatic N) is 3. The Kier molecular flexibility index (Phi) is 2.02. The van der Waals surface area contributed by atoms with Gasteiger partial charge in [-0.2, -0.15) is 0 Å². The first-order valence-corrected chi connectivity index (χ1v) is 4.24. The lowest BCUT2D eigenvalue weighted by Crippen LogP contribution is -1.91. The van der Waals surface area contributed by atoms with Gasteiger partial charge >= 0.3 is 0 Å². The van der Waals surface area contributed by atoms with Gasteiger partial charge in [-0.05, 0) is 12.1 Å². The number of aryl methyl sites for hydroxylation is 1. The van der Waals surface area contributed by atoms with E-state index in [9.17, 15) is 0 Å². The van der Waals surface area contributed by atoms with Crippen LogP contribution in [0.1, 0.15) is 0 Å². The predicted molar refractivity (Wildman–Crippen MR) is 51.4 cm³/mol.